The molecule has 48 heavy (non-hydrogen) atoms. The van der Waals surface area contributed by atoms with Crippen molar-refractivity contribution in [2.24, 2.45) is 17.8 Å². The van der Waals surface area contributed by atoms with Crippen molar-refractivity contribution in [1.82, 2.24) is 10.2 Å². The van der Waals surface area contributed by atoms with Gasteiger partial charge in [-0.1, -0.05) is 71.7 Å². The molecular weight excluding hydrogens is 665 g/mol. The van der Waals surface area contributed by atoms with Crippen LogP contribution < -0.4 is 9.62 Å². The van der Waals surface area contributed by atoms with Crippen LogP contribution in [0.15, 0.2) is 72.8 Å². The number of sulfonamides is 1. The van der Waals surface area contributed by atoms with Gasteiger partial charge in [-0.15, -0.1) is 0 Å². The SMILES string of the molecule is CC(C)NC(=O)[C@@H](Cc1ccccc1)N(Cc1c(Cl)cccc1Cl)C(=O)CN(c1ccc(C23CC4CC(CC(C4)C2)C3)cc1)S(C)(=O)=O. The van der Waals surface area contributed by atoms with Crippen LogP contribution in [0.5, 0.6) is 0 Å². The number of nitrogens with zero attached hydrogens (tertiary/aromatic N) is 2. The number of hydrogen-bond donors (Lipinski definition) is 1. The third kappa shape index (κ3) is 7.56. The molecule has 4 aliphatic carbocycles. The fraction of sp³-hybridized carbons (Fsp3) is 0.474. The van der Waals surface area contributed by atoms with E-state index in [4.69, 9.17) is 23.2 Å². The molecule has 1 N–H and O–H groups in total. The van der Waals surface area contributed by atoms with E-state index >= 15 is 0 Å². The van der Waals surface area contributed by atoms with Crippen LogP contribution in [0.4, 0.5) is 5.69 Å². The molecule has 0 spiro atoms. The van der Waals surface area contributed by atoms with E-state index in [2.05, 4.69) is 17.4 Å². The zero-order valence-corrected chi connectivity index (χ0v) is 30.2. The molecule has 2 amide bonds. The van der Waals surface area contributed by atoms with Gasteiger partial charge in [-0.2, -0.15) is 0 Å². The Hall–Kier alpha value is -3.07. The molecule has 0 radical (unpaired) electrons. The molecule has 4 bridgehead atoms. The van der Waals surface area contributed by atoms with Gasteiger partial charge in [0.1, 0.15) is 12.6 Å². The highest BCUT2D eigenvalue weighted by molar-refractivity contribution is 7.92. The van der Waals surface area contributed by atoms with Gasteiger partial charge in [0.2, 0.25) is 21.8 Å². The van der Waals surface area contributed by atoms with Crippen LogP contribution >= 0.6 is 23.2 Å². The van der Waals surface area contributed by atoms with Crippen molar-refractivity contribution >= 4 is 50.7 Å². The Morgan fingerprint density at radius 3 is 1.94 bits per heavy atom. The minimum atomic E-state index is -3.88. The fourth-order valence-electron chi connectivity index (χ4n) is 8.85. The normalized spacial score (nSPS) is 23.6. The predicted molar refractivity (Wildman–Crippen MR) is 193 cm³/mol. The van der Waals surface area contributed by atoms with Crippen LogP contribution in [-0.2, 0) is 38.0 Å². The molecule has 4 saturated carbocycles. The van der Waals surface area contributed by atoms with E-state index in [-0.39, 0.29) is 30.3 Å². The van der Waals surface area contributed by atoms with E-state index in [1.165, 1.54) is 49.0 Å². The molecular formula is C38H45Cl2N3O4S. The highest BCUT2D eigenvalue weighted by atomic mass is 35.5. The Morgan fingerprint density at radius 2 is 1.42 bits per heavy atom. The zero-order chi connectivity index (χ0) is 34.2. The minimum absolute atomic E-state index is 0.0804. The molecule has 10 heteroatoms. The number of carbonyl (C=O) groups is 2. The first-order valence-electron chi connectivity index (χ1n) is 17.0. The zero-order valence-electron chi connectivity index (χ0n) is 27.9. The summed E-state index contributed by atoms with van der Waals surface area (Å²) < 4.78 is 27.8. The second kappa shape index (κ2) is 14.0. The summed E-state index contributed by atoms with van der Waals surface area (Å²) >= 11 is 13.2. The highest BCUT2D eigenvalue weighted by Gasteiger charge is 2.51. The van der Waals surface area contributed by atoms with E-state index in [0.717, 1.165) is 33.9 Å². The highest BCUT2D eigenvalue weighted by Crippen LogP contribution is 2.60. The van der Waals surface area contributed by atoms with Crippen LogP contribution in [0.25, 0.3) is 0 Å². The third-order valence-electron chi connectivity index (χ3n) is 10.6. The summed E-state index contributed by atoms with van der Waals surface area (Å²) in [7, 11) is -3.88. The van der Waals surface area contributed by atoms with Crippen LogP contribution in [0.1, 0.15) is 69.1 Å². The van der Waals surface area contributed by atoms with E-state index in [9.17, 15) is 18.0 Å². The Labute approximate surface area is 295 Å². The number of amides is 2. The number of rotatable bonds is 12. The van der Waals surface area contributed by atoms with Crippen LogP contribution in [-0.4, -0.2) is 50.0 Å². The summed E-state index contributed by atoms with van der Waals surface area (Å²) in [5, 5.41) is 3.66. The topological polar surface area (TPSA) is 86.8 Å². The summed E-state index contributed by atoms with van der Waals surface area (Å²) in [4.78, 5) is 29.7. The molecule has 7 rings (SSSR count). The van der Waals surface area contributed by atoms with Gasteiger partial charge in [0.05, 0.1) is 11.9 Å². The van der Waals surface area contributed by atoms with Gasteiger partial charge >= 0.3 is 0 Å². The lowest BCUT2D eigenvalue weighted by molar-refractivity contribution is -0.140. The summed E-state index contributed by atoms with van der Waals surface area (Å²) in [6.07, 6.45) is 8.96. The largest absolute Gasteiger partial charge is 0.352 e. The molecule has 7 nitrogen and oxygen atoms in total. The van der Waals surface area contributed by atoms with Crippen molar-refractivity contribution in [3.05, 3.63) is 99.5 Å². The lowest BCUT2D eigenvalue weighted by atomic mass is 9.48. The quantitative estimate of drug-likeness (QED) is 0.213. The van der Waals surface area contributed by atoms with Crippen LogP contribution in [0.2, 0.25) is 10.0 Å². The third-order valence-corrected chi connectivity index (χ3v) is 12.4. The Balaban J connectivity index is 1.33. The van der Waals surface area contributed by atoms with Gasteiger partial charge in [-0.3, -0.25) is 13.9 Å². The second-order valence-electron chi connectivity index (χ2n) is 14.6. The van der Waals surface area contributed by atoms with Gasteiger partial charge in [-0.05, 0) is 111 Å². The lowest BCUT2D eigenvalue weighted by Gasteiger charge is -2.57. The average Bonchev–Trinajstić information content (AvgIpc) is 3.02. The molecule has 0 aromatic heterocycles. The van der Waals surface area contributed by atoms with Gasteiger partial charge in [0, 0.05) is 34.6 Å². The van der Waals surface area contributed by atoms with Crippen LogP contribution in [0.3, 0.4) is 0 Å². The maximum Gasteiger partial charge on any atom is 0.244 e. The van der Waals surface area contributed by atoms with Crippen molar-refractivity contribution in [3.8, 4) is 0 Å². The monoisotopic (exact) mass is 709 g/mol. The number of anilines is 1. The lowest BCUT2D eigenvalue weighted by Crippen LogP contribution is -2.54. The van der Waals surface area contributed by atoms with Gasteiger partial charge in [-0.25, -0.2) is 8.42 Å². The summed E-state index contributed by atoms with van der Waals surface area (Å²) in [6.45, 7) is 3.14. The fourth-order valence-corrected chi connectivity index (χ4v) is 10.2. The van der Waals surface area contributed by atoms with Crippen molar-refractivity contribution in [1.29, 1.82) is 0 Å². The first-order chi connectivity index (χ1) is 22.8. The Bertz CT molecular complexity index is 1690. The van der Waals surface area contributed by atoms with Crippen LogP contribution in [0, 0.1) is 17.8 Å². The number of carbonyl (C=O) groups excluding carboxylic acids is 2. The first kappa shape index (κ1) is 34.8. The number of nitrogens with one attached hydrogen (secondary N) is 1. The molecule has 256 valence electrons. The molecule has 3 aromatic carbocycles. The maximum atomic E-state index is 14.5. The molecule has 0 heterocycles. The molecule has 0 aliphatic heterocycles. The first-order valence-corrected chi connectivity index (χ1v) is 19.6. The van der Waals surface area contributed by atoms with Gasteiger partial charge in [0.15, 0.2) is 0 Å². The Kier molecular flexibility index (Phi) is 10.2. The molecule has 0 saturated heterocycles. The molecule has 4 aliphatic rings. The summed E-state index contributed by atoms with van der Waals surface area (Å²) in [5.41, 5.74) is 3.19. The molecule has 3 aromatic rings. The van der Waals surface area contributed by atoms with E-state index in [1.807, 2.05) is 56.3 Å². The van der Waals surface area contributed by atoms with Crippen molar-refractivity contribution in [2.45, 2.75) is 82.8 Å². The molecule has 1 atom stereocenters. The second-order valence-corrected chi connectivity index (χ2v) is 17.3. The Morgan fingerprint density at radius 1 is 0.854 bits per heavy atom. The summed E-state index contributed by atoms with van der Waals surface area (Å²) in [5.74, 6) is 1.47. The van der Waals surface area contributed by atoms with E-state index < -0.39 is 28.5 Å². The molecule has 4 fully saturated rings. The van der Waals surface area contributed by atoms with E-state index in [0.29, 0.717) is 21.3 Å². The molecule has 0 unspecified atom stereocenters. The van der Waals surface area contributed by atoms with Gasteiger partial charge in [0.25, 0.3) is 0 Å². The predicted octanol–water partition coefficient (Wildman–Crippen LogP) is 7.39. The maximum absolute atomic E-state index is 14.5. The standard InChI is InChI=1S/C38H45Cl2N3O4S/c1-25(2)41-37(45)35(19-26-8-5-4-6-9-26)42(23-32-33(39)10-7-11-34(32)40)36(44)24-43(48(3,46)47)31-14-12-30(13-15-31)38-20-27-16-28(21-38)18-29(17-27)22-38/h4-15,25,27-29,35H,16-24H2,1-3H3,(H,41,45)/t27?,28?,29?,35-,38?/m1/s1. The van der Waals surface area contributed by atoms with Crippen molar-refractivity contribution < 1.29 is 18.0 Å². The number of halogens is 2. The average molecular weight is 711 g/mol. The number of benzene rings is 3. The van der Waals surface area contributed by atoms with Gasteiger partial charge < -0.3 is 10.2 Å². The summed E-state index contributed by atoms with van der Waals surface area (Å²) in [6, 6.07) is 21.2. The van der Waals surface area contributed by atoms with Crippen molar-refractivity contribution in [2.75, 3.05) is 17.1 Å². The minimum Gasteiger partial charge on any atom is -0.352 e. The smallest absolute Gasteiger partial charge is 0.244 e. The van der Waals surface area contributed by atoms with E-state index in [1.54, 1.807) is 18.2 Å². The van der Waals surface area contributed by atoms with Crippen molar-refractivity contribution in [3.63, 3.8) is 0 Å². The number of hydrogen-bond acceptors (Lipinski definition) is 4.